The van der Waals surface area contributed by atoms with Crippen LogP contribution in [0.3, 0.4) is 0 Å². The third kappa shape index (κ3) is 3.49. The van der Waals surface area contributed by atoms with E-state index in [4.69, 9.17) is 4.42 Å². The lowest BCUT2D eigenvalue weighted by Crippen LogP contribution is -2.34. The van der Waals surface area contributed by atoms with Crippen molar-refractivity contribution in [1.82, 2.24) is 4.72 Å². The molecule has 0 fully saturated rings. The van der Waals surface area contributed by atoms with E-state index in [1.54, 1.807) is 19.1 Å². The zero-order valence-corrected chi connectivity index (χ0v) is 13.8. The number of aryl methyl sites for hydroxylation is 1. The Morgan fingerprint density at radius 1 is 1.38 bits per heavy atom. The summed E-state index contributed by atoms with van der Waals surface area (Å²) in [6.07, 6.45) is 2.50. The topological polar surface area (TPSA) is 88.4 Å². The van der Waals surface area contributed by atoms with Crippen LogP contribution in [0.15, 0.2) is 39.8 Å². The van der Waals surface area contributed by atoms with E-state index in [0.29, 0.717) is 29.9 Å². The highest BCUT2D eigenvalue weighted by atomic mass is 32.2. The molecule has 0 saturated carbocycles. The van der Waals surface area contributed by atoms with Gasteiger partial charge in [0.15, 0.2) is 0 Å². The second-order valence-corrected chi connectivity index (χ2v) is 7.48. The number of fused-ring (bicyclic) bond motifs is 1. The van der Waals surface area contributed by atoms with Crippen LogP contribution in [0.4, 0.5) is 10.1 Å². The minimum atomic E-state index is -4.02. The predicted octanol–water partition coefficient (Wildman–Crippen LogP) is 2.21. The second kappa shape index (κ2) is 6.37. The van der Waals surface area contributed by atoms with Crippen LogP contribution in [-0.4, -0.2) is 20.4 Å². The molecule has 6 nitrogen and oxygen atoms in total. The molecule has 2 aromatic rings. The van der Waals surface area contributed by atoms with Gasteiger partial charge < -0.3 is 9.73 Å². The lowest BCUT2D eigenvalue weighted by Gasteiger charge is -2.19. The van der Waals surface area contributed by atoms with Crippen LogP contribution in [0.25, 0.3) is 0 Å². The number of sulfonamides is 1. The number of hydrogen-bond acceptors (Lipinski definition) is 4. The Labute approximate surface area is 139 Å². The average molecular weight is 352 g/mol. The van der Waals surface area contributed by atoms with E-state index in [0.717, 1.165) is 6.07 Å². The van der Waals surface area contributed by atoms with Crippen molar-refractivity contribution < 1.29 is 22.0 Å². The Bertz CT molecular complexity index is 862. The van der Waals surface area contributed by atoms with Crippen molar-refractivity contribution in [2.45, 2.75) is 37.1 Å². The molecule has 2 N–H and O–H groups in total. The molecule has 0 radical (unpaired) electrons. The Morgan fingerprint density at radius 2 is 2.17 bits per heavy atom. The highest BCUT2D eigenvalue weighted by Gasteiger charge is 2.25. The number of halogens is 1. The molecule has 0 aliphatic carbocycles. The number of furan rings is 1. The van der Waals surface area contributed by atoms with Gasteiger partial charge in [0, 0.05) is 24.6 Å². The quantitative estimate of drug-likeness (QED) is 0.863. The highest BCUT2D eigenvalue weighted by Crippen LogP contribution is 2.28. The number of benzene rings is 1. The third-order valence-electron chi connectivity index (χ3n) is 3.79. The maximum Gasteiger partial charge on any atom is 0.243 e. The standard InChI is InChI=1S/C16H17FN2O4S/c1-10(7-12-3-2-6-23-12)19-24(21,22)15-8-11-4-5-16(20)18-14(11)9-13(15)17/h2-3,6,8-10,19H,4-5,7H2,1H3,(H,18,20). The molecule has 8 heteroatoms. The molecule has 3 rings (SSSR count). The number of nitrogens with one attached hydrogen (secondary N) is 2. The van der Waals surface area contributed by atoms with Gasteiger partial charge in [0.25, 0.3) is 0 Å². The van der Waals surface area contributed by atoms with E-state index in [9.17, 15) is 17.6 Å². The number of anilines is 1. The molecule has 1 aromatic heterocycles. The summed E-state index contributed by atoms with van der Waals surface area (Å²) >= 11 is 0. The normalized spacial score (nSPS) is 15.7. The van der Waals surface area contributed by atoms with Crippen molar-refractivity contribution in [3.05, 3.63) is 47.7 Å². The molecule has 128 valence electrons. The van der Waals surface area contributed by atoms with E-state index in [2.05, 4.69) is 10.0 Å². The van der Waals surface area contributed by atoms with E-state index in [-0.39, 0.29) is 12.3 Å². The molecule has 1 aliphatic rings. The molecular formula is C16H17FN2O4S. The predicted molar refractivity (Wildman–Crippen MR) is 85.5 cm³/mol. The smallest absolute Gasteiger partial charge is 0.243 e. The molecule has 0 saturated heterocycles. The van der Waals surface area contributed by atoms with Gasteiger partial charge in [-0.05, 0) is 43.2 Å². The van der Waals surface area contributed by atoms with Crippen LogP contribution in [-0.2, 0) is 27.7 Å². The van der Waals surface area contributed by atoms with Crippen molar-refractivity contribution in [3.63, 3.8) is 0 Å². The molecule has 1 aliphatic heterocycles. The SMILES string of the molecule is CC(Cc1ccco1)NS(=O)(=O)c1cc2c(cc1F)NC(=O)CC2. The van der Waals surface area contributed by atoms with Gasteiger partial charge in [-0.15, -0.1) is 0 Å². The molecule has 0 spiro atoms. The number of amides is 1. The first-order chi connectivity index (χ1) is 11.3. The van der Waals surface area contributed by atoms with Crippen molar-refractivity contribution in [2.24, 2.45) is 0 Å². The summed E-state index contributed by atoms with van der Waals surface area (Å²) in [5.74, 6) is -0.463. The van der Waals surface area contributed by atoms with Crippen molar-refractivity contribution >= 4 is 21.6 Å². The lowest BCUT2D eigenvalue weighted by molar-refractivity contribution is -0.116. The first kappa shape index (κ1) is 16.7. The summed E-state index contributed by atoms with van der Waals surface area (Å²) in [6.45, 7) is 1.68. The Balaban J connectivity index is 1.83. The second-order valence-electron chi connectivity index (χ2n) is 5.79. The molecular weight excluding hydrogens is 335 g/mol. The van der Waals surface area contributed by atoms with Crippen LogP contribution >= 0.6 is 0 Å². The third-order valence-corrected chi connectivity index (χ3v) is 5.39. The Morgan fingerprint density at radius 3 is 2.88 bits per heavy atom. The van der Waals surface area contributed by atoms with Crippen LogP contribution < -0.4 is 10.0 Å². The fourth-order valence-electron chi connectivity index (χ4n) is 2.69. The molecule has 2 heterocycles. The number of carbonyl (C=O) groups excluding carboxylic acids is 1. The minimum absolute atomic E-state index is 0.206. The maximum atomic E-state index is 14.2. The van der Waals surface area contributed by atoms with Crippen molar-refractivity contribution in [1.29, 1.82) is 0 Å². The average Bonchev–Trinajstić information content (AvgIpc) is 2.98. The van der Waals surface area contributed by atoms with Gasteiger partial charge in [-0.1, -0.05) is 0 Å². The zero-order chi connectivity index (χ0) is 17.3. The van der Waals surface area contributed by atoms with E-state index in [1.807, 2.05) is 0 Å². The minimum Gasteiger partial charge on any atom is -0.469 e. The fourth-order valence-corrected chi connectivity index (χ4v) is 4.04. The first-order valence-corrected chi connectivity index (χ1v) is 9.00. The Hall–Kier alpha value is -2.19. The van der Waals surface area contributed by atoms with Gasteiger partial charge in [-0.2, -0.15) is 0 Å². The van der Waals surface area contributed by atoms with Crippen LogP contribution in [0.1, 0.15) is 24.7 Å². The summed E-state index contributed by atoms with van der Waals surface area (Å²) in [6, 6.07) is 5.34. The van der Waals surface area contributed by atoms with Gasteiger partial charge >= 0.3 is 0 Å². The van der Waals surface area contributed by atoms with Crippen LogP contribution in [0, 0.1) is 5.82 Å². The monoisotopic (exact) mass is 352 g/mol. The van der Waals surface area contributed by atoms with E-state index < -0.39 is 26.8 Å². The zero-order valence-electron chi connectivity index (χ0n) is 13.0. The summed E-state index contributed by atoms with van der Waals surface area (Å²) in [7, 11) is -4.02. The maximum absolute atomic E-state index is 14.2. The number of rotatable bonds is 5. The van der Waals surface area contributed by atoms with Crippen LogP contribution in [0.2, 0.25) is 0 Å². The molecule has 24 heavy (non-hydrogen) atoms. The Kier molecular flexibility index (Phi) is 4.42. The number of carbonyl (C=O) groups is 1. The van der Waals surface area contributed by atoms with Gasteiger partial charge in [0.05, 0.1) is 6.26 Å². The van der Waals surface area contributed by atoms with Crippen LogP contribution in [0.5, 0.6) is 0 Å². The summed E-state index contributed by atoms with van der Waals surface area (Å²) in [4.78, 5) is 10.9. The fraction of sp³-hybridized carbons (Fsp3) is 0.312. The summed E-state index contributed by atoms with van der Waals surface area (Å²) < 4.78 is 46.8. The van der Waals surface area contributed by atoms with Crippen molar-refractivity contribution in [3.8, 4) is 0 Å². The molecule has 1 unspecified atom stereocenters. The summed E-state index contributed by atoms with van der Waals surface area (Å²) in [5.41, 5.74) is 0.932. The lowest BCUT2D eigenvalue weighted by atomic mass is 10.0. The van der Waals surface area contributed by atoms with Gasteiger partial charge in [-0.3, -0.25) is 4.79 Å². The highest BCUT2D eigenvalue weighted by molar-refractivity contribution is 7.89. The molecule has 0 bridgehead atoms. The molecule has 1 atom stereocenters. The van der Waals surface area contributed by atoms with Gasteiger partial charge in [-0.25, -0.2) is 17.5 Å². The first-order valence-electron chi connectivity index (χ1n) is 7.52. The summed E-state index contributed by atoms with van der Waals surface area (Å²) in [5, 5.41) is 2.54. The van der Waals surface area contributed by atoms with Gasteiger partial charge in [0.1, 0.15) is 16.5 Å². The van der Waals surface area contributed by atoms with Gasteiger partial charge in [0.2, 0.25) is 15.9 Å². The number of hydrogen-bond donors (Lipinski definition) is 2. The molecule has 1 amide bonds. The largest absolute Gasteiger partial charge is 0.469 e. The molecule has 1 aromatic carbocycles. The van der Waals surface area contributed by atoms with E-state index in [1.165, 1.54) is 12.3 Å². The van der Waals surface area contributed by atoms with E-state index >= 15 is 0 Å². The van der Waals surface area contributed by atoms with Crippen molar-refractivity contribution in [2.75, 3.05) is 5.32 Å².